The number of hydrogen-bond acceptors (Lipinski definition) is 5. The lowest BCUT2D eigenvalue weighted by Crippen LogP contribution is -2.60. The Hall–Kier alpha value is -2.94. The third-order valence-electron chi connectivity index (χ3n) is 6.35. The van der Waals surface area contributed by atoms with Gasteiger partial charge in [0.1, 0.15) is 31.4 Å². The predicted octanol–water partition coefficient (Wildman–Crippen LogP) is 1.84. The number of unbranched alkanes of at least 4 members (excludes halogenated alkanes) is 3. The number of carboxylic acid groups (broad SMARTS) is 1. The Morgan fingerprint density at radius 2 is 1.94 bits per heavy atom. The Kier molecular flexibility index (Phi) is 7.84. The summed E-state index contributed by atoms with van der Waals surface area (Å²) in [6.45, 7) is 5.20. The van der Waals surface area contributed by atoms with Crippen LogP contribution in [0.5, 0.6) is 0 Å². The zero-order chi connectivity index (χ0) is 23.1. The lowest BCUT2D eigenvalue weighted by molar-refractivity contribution is -0.922. The largest absolute Gasteiger partial charge is 0.481 e. The molecule has 2 bridgehead atoms. The summed E-state index contributed by atoms with van der Waals surface area (Å²) in [5.41, 5.74) is 2.12. The highest BCUT2D eigenvalue weighted by Gasteiger charge is 2.53. The van der Waals surface area contributed by atoms with Gasteiger partial charge in [-0.3, -0.25) is 14.4 Å². The minimum Gasteiger partial charge on any atom is -0.481 e. The lowest BCUT2D eigenvalue weighted by Gasteiger charge is -2.40. The van der Waals surface area contributed by atoms with Gasteiger partial charge in [-0.05, 0) is 18.6 Å². The summed E-state index contributed by atoms with van der Waals surface area (Å²) in [6.07, 6.45) is 4.23. The molecule has 0 aliphatic carbocycles. The van der Waals surface area contributed by atoms with Crippen molar-refractivity contribution in [1.29, 1.82) is 0 Å². The summed E-state index contributed by atoms with van der Waals surface area (Å²) in [4.78, 5) is 37.5. The molecular weight excluding hydrogens is 412 g/mol. The Labute approximate surface area is 188 Å². The normalized spacial score (nSPS) is 23.5. The summed E-state index contributed by atoms with van der Waals surface area (Å²) in [7, 11) is 0. The number of benzene rings is 1. The van der Waals surface area contributed by atoms with E-state index in [9.17, 15) is 19.6 Å². The van der Waals surface area contributed by atoms with Gasteiger partial charge in [-0.15, -0.1) is 0 Å². The molecule has 2 heterocycles. The van der Waals surface area contributed by atoms with E-state index >= 15 is 0 Å². The standard InChI is InChI=1S/C23H32N4O5/c1-2-3-4-5-12-26-20-15-27(16-21(26)28,14-19(20)25-32)13-17-6-8-18(9-7-17)23(31)24-11-10-22(29)30/h6-9,20H,2-5,10-16H2,1H3,(H2-,24,29,30,31,32)/p+1/b25-19+. The molecule has 2 atom stereocenters. The molecular formula is C23H33N4O5+. The first-order valence-electron chi connectivity index (χ1n) is 11.3. The highest BCUT2D eigenvalue weighted by atomic mass is 16.4. The predicted molar refractivity (Wildman–Crippen MR) is 118 cm³/mol. The van der Waals surface area contributed by atoms with Gasteiger partial charge < -0.3 is 25.0 Å². The van der Waals surface area contributed by atoms with Crippen LogP contribution >= 0.6 is 0 Å². The van der Waals surface area contributed by atoms with Crippen molar-refractivity contribution in [3.8, 4) is 0 Å². The van der Waals surface area contributed by atoms with E-state index in [0.29, 0.717) is 41.9 Å². The number of carbonyl (C=O) groups excluding carboxylic acids is 2. The first kappa shape index (κ1) is 23.7. The van der Waals surface area contributed by atoms with Gasteiger partial charge in [0, 0.05) is 24.2 Å². The molecule has 1 aromatic carbocycles. The molecule has 2 aliphatic rings. The number of carboxylic acids is 1. The SMILES string of the molecule is CCCCCCN1C(=O)C[N+]2(Cc3ccc(C(=O)NCCC(=O)O)cc3)C/C(=N\O)C1C2. The minimum absolute atomic E-state index is 0.0810. The maximum Gasteiger partial charge on any atom is 0.305 e. The van der Waals surface area contributed by atoms with Gasteiger partial charge in [-0.2, -0.15) is 0 Å². The third kappa shape index (κ3) is 5.64. The van der Waals surface area contributed by atoms with Gasteiger partial charge in [-0.1, -0.05) is 43.5 Å². The van der Waals surface area contributed by atoms with Crippen molar-refractivity contribution in [3.05, 3.63) is 35.4 Å². The van der Waals surface area contributed by atoms with Crippen LogP contribution in [0, 0.1) is 0 Å². The van der Waals surface area contributed by atoms with Crippen molar-refractivity contribution >= 4 is 23.5 Å². The van der Waals surface area contributed by atoms with Gasteiger partial charge in [0.25, 0.3) is 11.8 Å². The first-order valence-corrected chi connectivity index (χ1v) is 11.3. The number of aliphatic carboxylic acids is 1. The molecule has 3 N–H and O–H groups in total. The number of rotatable bonds is 11. The molecule has 9 heteroatoms. The van der Waals surface area contributed by atoms with Crippen LogP contribution in [0.2, 0.25) is 0 Å². The van der Waals surface area contributed by atoms with Crippen LogP contribution in [-0.4, -0.2) is 82.0 Å². The fraction of sp³-hybridized carbons (Fsp3) is 0.565. The lowest BCUT2D eigenvalue weighted by atomic mass is 10.1. The van der Waals surface area contributed by atoms with Gasteiger partial charge in [-0.25, -0.2) is 0 Å². The molecule has 2 unspecified atom stereocenters. The molecule has 1 aromatic rings. The number of hydrogen-bond donors (Lipinski definition) is 3. The van der Waals surface area contributed by atoms with Crippen LogP contribution in [0.1, 0.15) is 54.9 Å². The molecule has 0 saturated carbocycles. The molecule has 0 aromatic heterocycles. The van der Waals surface area contributed by atoms with Crippen molar-refractivity contribution in [3.63, 3.8) is 0 Å². The smallest absolute Gasteiger partial charge is 0.305 e. The Bertz CT molecular complexity index is 870. The van der Waals surface area contributed by atoms with E-state index in [2.05, 4.69) is 17.4 Å². The average molecular weight is 446 g/mol. The van der Waals surface area contributed by atoms with E-state index < -0.39 is 5.97 Å². The number of carbonyl (C=O) groups is 3. The van der Waals surface area contributed by atoms with Crippen molar-refractivity contribution in [2.45, 2.75) is 51.6 Å². The molecule has 2 amide bonds. The van der Waals surface area contributed by atoms with Gasteiger partial charge in [0.2, 0.25) is 0 Å². The summed E-state index contributed by atoms with van der Waals surface area (Å²) in [6, 6.07) is 7.00. The molecule has 174 valence electrons. The molecule has 32 heavy (non-hydrogen) atoms. The summed E-state index contributed by atoms with van der Waals surface area (Å²) in [5.74, 6) is -1.17. The van der Waals surface area contributed by atoms with E-state index in [1.165, 1.54) is 0 Å². The maximum absolute atomic E-state index is 12.9. The topological polar surface area (TPSA) is 119 Å². The fourth-order valence-electron chi connectivity index (χ4n) is 4.73. The molecule has 2 aliphatic heterocycles. The monoisotopic (exact) mass is 445 g/mol. The molecule has 0 radical (unpaired) electrons. The molecule has 2 saturated heterocycles. The Morgan fingerprint density at radius 1 is 1.19 bits per heavy atom. The average Bonchev–Trinajstić information content (AvgIpc) is 3.06. The fourth-order valence-corrected chi connectivity index (χ4v) is 4.73. The van der Waals surface area contributed by atoms with Crippen LogP contribution in [0.3, 0.4) is 0 Å². The van der Waals surface area contributed by atoms with Gasteiger partial charge in [0.15, 0.2) is 6.54 Å². The maximum atomic E-state index is 12.9. The number of nitrogens with one attached hydrogen (secondary N) is 1. The van der Waals surface area contributed by atoms with Crippen LogP contribution < -0.4 is 5.32 Å². The van der Waals surface area contributed by atoms with Crippen molar-refractivity contribution in [2.24, 2.45) is 5.16 Å². The highest BCUT2D eigenvalue weighted by Crippen LogP contribution is 2.30. The molecule has 2 fully saturated rings. The van der Waals surface area contributed by atoms with Crippen molar-refractivity contribution in [2.75, 3.05) is 32.7 Å². The van der Waals surface area contributed by atoms with E-state index in [4.69, 9.17) is 5.11 Å². The van der Waals surface area contributed by atoms with E-state index in [1.54, 1.807) is 12.1 Å². The van der Waals surface area contributed by atoms with Gasteiger partial charge in [0.05, 0.1) is 6.42 Å². The second-order valence-corrected chi connectivity index (χ2v) is 8.85. The zero-order valence-electron chi connectivity index (χ0n) is 18.6. The second-order valence-electron chi connectivity index (χ2n) is 8.85. The molecule has 0 spiro atoms. The Balaban J connectivity index is 1.63. The van der Waals surface area contributed by atoms with Crippen molar-refractivity contribution < 1.29 is 29.2 Å². The Morgan fingerprint density at radius 3 is 2.59 bits per heavy atom. The quantitative estimate of drug-likeness (QED) is 0.208. The van der Waals surface area contributed by atoms with Gasteiger partial charge >= 0.3 is 5.97 Å². The van der Waals surface area contributed by atoms with E-state index in [0.717, 1.165) is 37.8 Å². The number of piperazine rings is 1. The summed E-state index contributed by atoms with van der Waals surface area (Å²) < 4.78 is 0.526. The zero-order valence-corrected chi connectivity index (χ0v) is 18.6. The van der Waals surface area contributed by atoms with Crippen LogP contribution in [0.4, 0.5) is 0 Å². The highest BCUT2D eigenvalue weighted by molar-refractivity contribution is 5.97. The third-order valence-corrected chi connectivity index (χ3v) is 6.35. The number of quaternary nitrogens is 1. The molecule has 9 nitrogen and oxygen atoms in total. The van der Waals surface area contributed by atoms with E-state index in [1.807, 2.05) is 17.0 Å². The number of amides is 2. The van der Waals surface area contributed by atoms with E-state index in [-0.39, 0.29) is 30.8 Å². The summed E-state index contributed by atoms with van der Waals surface area (Å²) in [5, 5.41) is 24.4. The number of oxime groups is 1. The molecule has 3 rings (SSSR count). The second kappa shape index (κ2) is 10.6. The van der Waals surface area contributed by atoms with Crippen LogP contribution in [0.15, 0.2) is 29.4 Å². The number of fused-ring (bicyclic) bond motifs is 2. The van der Waals surface area contributed by atoms with Crippen LogP contribution in [-0.2, 0) is 16.1 Å². The summed E-state index contributed by atoms with van der Waals surface area (Å²) >= 11 is 0. The first-order chi connectivity index (χ1) is 15.4. The van der Waals surface area contributed by atoms with Crippen LogP contribution in [0.25, 0.3) is 0 Å². The minimum atomic E-state index is -0.958. The number of nitrogens with zero attached hydrogens (tertiary/aromatic N) is 3. The van der Waals surface area contributed by atoms with Crippen molar-refractivity contribution in [1.82, 2.24) is 10.2 Å².